The summed E-state index contributed by atoms with van der Waals surface area (Å²) in [6.07, 6.45) is 2.37. The van der Waals surface area contributed by atoms with Crippen molar-refractivity contribution in [3.8, 4) is 6.07 Å². The first-order valence-electron chi connectivity index (χ1n) is 8.58. The smallest absolute Gasteiger partial charge is 0.239 e. The number of nitrogens with zero attached hydrogens (tertiary/aromatic N) is 4. The van der Waals surface area contributed by atoms with Crippen molar-refractivity contribution in [1.29, 1.82) is 5.26 Å². The topological polar surface area (TPSA) is 78.3 Å². The Bertz CT molecular complexity index is 741. The van der Waals surface area contributed by atoms with E-state index in [9.17, 15) is 4.79 Å². The number of nitrogens with two attached hydrogens (primary N) is 1. The molecule has 2 aromatic rings. The number of nitriles is 1. The Morgan fingerprint density at radius 2 is 1.84 bits per heavy atom. The summed E-state index contributed by atoms with van der Waals surface area (Å²) in [5, 5.41) is 9.02. The number of hydrogen-bond acceptors (Lipinski definition) is 4. The average Bonchev–Trinajstić information content (AvgIpc) is 3.14. The SMILES string of the molecule is N#Cc1cccn1CCC(N)C(=O)N1CCN(c2ccccc2)CC1. The molecule has 6 heteroatoms. The highest BCUT2D eigenvalue weighted by molar-refractivity contribution is 5.81. The highest BCUT2D eigenvalue weighted by atomic mass is 16.2. The largest absolute Gasteiger partial charge is 0.368 e. The van der Waals surface area contributed by atoms with Gasteiger partial charge in [-0.15, -0.1) is 0 Å². The van der Waals surface area contributed by atoms with Crippen molar-refractivity contribution < 1.29 is 4.79 Å². The molecular formula is C19H23N5O. The number of para-hydroxylation sites is 1. The third kappa shape index (κ3) is 4.01. The van der Waals surface area contributed by atoms with Gasteiger partial charge in [0.15, 0.2) is 0 Å². The zero-order valence-electron chi connectivity index (χ0n) is 14.2. The van der Waals surface area contributed by atoms with E-state index in [2.05, 4.69) is 23.1 Å². The quantitative estimate of drug-likeness (QED) is 0.895. The second-order valence-corrected chi connectivity index (χ2v) is 6.24. The van der Waals surface area contributed by atoms with Crippen molar-refractivity contribution in [3.05, 3.63) is 54.4 Å². The van der Waals surface area contributed by atoms with E-state index >= 15 is 0 Å². The van der Waals surface area contributed by atoms with Crippen molar-refractivity contribution >= 4 is 11.6 Å². The molecule has 1 amide bonds. The Hall–Kier alpha value is -2.78. The molecule has 6 nitrogen and oxygen atoms in total. The van der Waals surface area contributed by atoms with Gasteiger partial charge in [0, 0.05) is 44.6 Å². The van der Waals surface area contributed by atoms with Crippen LogP contribution in [0.2, 0.25) is 0 Å². The van der Waals surface area contributed by atoms with E-state index in [4.69, 9.17) is 11.0 Å². The lowest BCUT2D eigenvalue weighted by Gasteiger charge is -2.37. The lowest BCUT2D eigenvalue weighted by Crippen LogP contribution is -2.53. The van der Waals surface area contributed by atoms with Gasteiger partial charge in [-0.2, -0.15) is 5.26 Å². The fourth-order valence-electron chi connectivity index (χ4n) is 3.17. The zero-order chi connectivity index (χ0) is 17.6. The van der Waals surface area contributed by atoms with E-state index in [1.807, 2.05) is 39.9 Å². The second kappa shape index (κ2) is 7.86. The van der Waals surface area contributed by atoms with Crippen molar-refractivity contribution in [2.75, 3.05) is 31.1 Å². The van der Waals surface area contributed by atoms with Gasteiger partial charge in [-0.25, -0.2) is 0 Å². The van der Waals surface area contributed by atoms with Crippen molar-refractivity contribution in [1.82, 2.24) is 9.47 Å². The number of piperazine rings is 1. The number of carbonyl (C=O) groups is 1. The van der Waals surface area contributed by atoms with Gasteiger partial charge in [-0.05, 0) is 30.7 Å². The highest BCUT2D eigenvalue weighted by Gasteiger charge is 2.25. The van der Waals surface area contributed by atoms with Crippen LogP contribution in [0.25, 0.3) is 0 Å². The van der Waals surface area contributed by atoms with Crippen LogP contribution in [0.3, 0.4) is 0 Å². The van der Waals surface area contributed by atoms with E-state index in [1.165, 1.54) is 5.69 Å². The summed E-state index contributed by atoms with van der Waals surface area (Å²) in [7, 11) is 0. The maximum atomic E-state index is 12.6. The molecule has 0 saturated carbocycles. The first-order valence-corrected chi connectivity index (χ1v) is 8.58. The Labute approximate surface area is 148 Å². The van der Waals surface area contributed by atoms with Gasteiger partial charge in [-0.1, -0.05) is 18.2 Å². The van der Waals surface area contributed by atoms with Gasteiger partial charge in [0.2, 0.25) is 5.91 Å². The number of anilines is 1. The summed E-state index contributed by atoms with van der Waals surface area (Å²) >= 11 is 0. The number of benzene rings is 1. The van der Waals surface area contributed by atoms with Crippen LogP contribution < -0.4 is 10.6 Å². The minimum absolute atomic E-state index is 0.00150. The van der Waals surface area contributed by atoms with Crippen LogP contribution in [0.5, 0.6) is 0 Å². The van der Waals surface area contributed by atoms with Crippen LogP contribution in [-0.2, 0) is 11.3 Å². The first kappa shape index (κ1) is 17.1. The Balaban J connectivity index is 1.49. The normalized spacial score (nSPS) is 15.7. The maximum absolute atomic E-state index is 12.6. The molecule has 1 aliphatic rings. The molecule has 0 radical (unpaired) electrons. The molecule has 1 aromatic heterocycles. The molecule has 0 bridgehead atoms. The first-order chi connectivity index (χ1) is 12.2. The van der Waals surface area contributed by atoms with Crippen LogP contribution in [0, 0.1) is 11.3 Å². The van der Waals surface area contributed by atoms with E-state index < -0.39 is 6.04 Å². The van der Waals surface area contributed by atoms with Crippen LogP contribution in [0.15, 0.2) is 48.7 Å². The second-order valence-electron chi connectivity index (χ2n) is 6.24. The van der Waals surface area contributed by atoms with E-state index in [0.717, 1.165) is 13.1 Å². The minimum Gasteiger partial charge on any atom is -0.368 e. The summed E-state index contributed by atoms with van der Waals surface area (Å²) in [6, 6.07) is 15.4. The molecule has 1 unspecified atom stereocenters. The fraction of sp³-hybridized carbons (Fsp3) is 0.368. The molecule has 1 aliphatic heterocycles. The summed E-state index contributed by atoms with van der Waals surface area (Å²) in [4.78, 5) is 16.7. The number of hydrogen-bond donors (Lipinski definition) is 1. The molecule has 3 rings (SSSR count). The molecule has 1 aromatic carbocycles. The predicted molar refractivity (Wildman–Crippen MR) is 97.0 cm³/mol. The van der Waals surface area contributed by atoms with Gasteiger partial charge in [-0.3, -0.25) is 4.79 Å². The standard InChI is InChI=1S/C19H23N5O/c20-15-17-7-4-9-22(17)10-8-18(21)19(25)24-13-11-23(12-14-24)16-5-2-1-3-6-16/h1-7,9,18H,8,10-14,21H2. The van der Waals surface area contributed by atoms with Crippen molar-refractivity contribution in [3.63, 3.8) is 0 Å². The summed E-state index contributed by atoms with van der Waals surface area (Å²) in [5.74, 6) is -0.00150. The zero-order valence-corrected chi connectivity index (χ0v) is 14.2. The molecule has 2 N–H and O–H groups in total. The number of aromatic nitrogens is 1. The van der Waals surface area contributed by atoms with Gasteiger partial charge in [0.25, 0.3) is 0 Å². The monoisotopic (exact) mass is 337 g/mol. The lowest BCUT2D eigenvalue weighted by molar-refractivity contribution is -0.133. The van der Waals surface area contributed by atoms with Gasteiger partial charge in [0.1, 0.15) is 11.8 Å². The Morgan fingerprint density at radius 3 is 2.52 bits per heavy atom. The molecule has 0 aliphatic carbocycles. The number of rotatable bonds is 5. The maximum Gasteiger partial charge on any atom is 0.239 e. The predicted octanol–water partition coefficient (Wildman–Crippen LogP) is 1.43. The van der Waals surface area contributed by atoms with Crippen molar-refractivity contribution in [2.24, 2.45) is 5.73 Å². The average molecular weight is 337 g/mol. The molecule has 2 heterocycles. The van der Waals surface area contributed by atoms with Crippen LogP contribution in [-0.4, -0.2) is 47.6 Å². The fourth-order valence-corrected chi connectivity index (χ4v) is 3.17. The number of carbonyl (C=O) groups excluding carboxylic acids is 1. The van der Waals surface area contributed by atoms with Gasteiger partial charge in [0.05, 0.1) is 6.04 Å². The van der Waals surface area contributed by atoms with Crippen molar-refractivity contribution in [2.45, 2.75) is 19.0 Å². The van der Waals surface area contributed by atoms with Crippen LogP contribution in [0.4, 0.5) is 5.69 Å². The molecule has 1 fully saturated rings. The van der Waals surface area contributed by atoms with E-state index in [-0.39, 0.29) is 5.91 Å². The summed E-state index contributed by atoms with van der Waals surface area (Å²) < 4.78 is 1.83. The number of aryl methyl sites for hydroxylation is 1. The Kier molecular flexibility index (Phi) is 5.36. The third-order valence-electron chi connectivity index (χ3n) is 4.65. The molecule has 130 valence electrons. The van der Waals surface area contributed by atoms with Crippen LogP contribution in [0.1, 0.15) is 12.1 Å². The lowest BCUT2D eigenvalue weighted by atomic mass is 10.1. The molecule has 25 heavy (non-hydrogen) atoms. The third-order valence-corrected chi connectivity index (χ3v) is 4.65. The van der Waals surface area contributed by atoms with E-state index in [0.29, 0.717) is 31.7 Å². The molecule has 1 saturated heterocycles. The van der Waals surface area contributed by atoms with Gasteiger partial charge < -0.3 is 20.1 Å². The minimum atomic E-state index is -0.530. The highest BCUT2D eigenvalue weighted by Crippen LogP contribution is 2.16. The molecular weight excluding hydrogens is 314 g/mol. The Morgan fingerprint density at radius 1 is 1.12 bits per heavy atom. The molecule has 1 atom stereocenters. The summed E-state index contributed by atoms with van der Waals surface area (Å²) in [5.41, 5.74) is 7.88. The van der Waals surface area contributed by atoms with Crippen LogP contribution >= 0.6 is 0 Å². The van der Waals surface area contributed by atoms with Gasteiger partial charge >= 0.3 is 0 Å². The molecule has 0 spiro atoms. The summed E-state index contributed by atoms with van der Waals surface area (Å²) in [6.45, 7) is 3.59. The van der Waals surface area contributed by atoms with E-state index in [1.54, 1.807) is 6.07 Å². The number of amides is 1.